The van der Waals surface area contributed by atoms with Gasteiger partial charge in [-0.15, -0.1) is 4.83 Å². The topological polar surface area (TPSA) is 122 Å². The normalized spacial score (nSPS) is 12.6. The maximum atomic E-state index is 12.3. The first-order valence-electron chi connectivity index (χ1n) is 7.55. The average molecular weight is 350 g/mol. The summed E-state index contributed by atoms with van der Waals surface area (Å²) in [6.07, 6.45) is 2.20. The molecular formula is C15H22N6O2S. The molecule has 1 unspecified atom stereocenters. The van der Waals surface area contributed by atoms with Crippen LogP contribution in [0.3, 0.4) is 0 Å². The number of sulfonamides is 1. The Labute approximate surface area is 141 Å². The summed E-state index contributed by atoms with van der Waals surface area (Å²) >= 11 is 0. The fourth-order valence-electron chi connectivity index (χ4n) is 1.84. The Bertz CT molecular complexity index is 792. The van der Waals surface area contributed by atoms with Crippen molar-refractivity contribution in [3.8, 4) is 0 Å². The maximum Gasteiger partial charge on any atom is 0.257 e. The molecule has 0 saturated carbocycles. The highest BCUT2D eigenvalue weighted by molar-refractivity contribution is 7.89. The smallest absolute Gasteiger partial charge is 0.257 e. The molecule has 0 aliphatic rings. The molecule has 1 heterocycles. The summed E-state index contributed by atoms with van der Waals surface area (Å²) in [6, 6.07) is 6.68. The molecule has 9 heteroatoms. The van der Waals surface area contributed by atoms with E-state index in [1.165, 1.54) is 18.5 Å². The molecule has 1 atom stereocenters. The van der Waals surface area contributed by atoms with Crippen LogP contribution in [-0.2, 0) is 10.0 Å². The SMILES string of the molecule is CCC(C)Nc1ncnc(NNS(=O)(=O)c2ccc(C)cc2)c1N. The molecule has 0 aliphatic carbocycles. The van der Waals surface area contributed by atoms with E-state index < -0.39 is 10.0 Å². The van der Waals surface area contributed by atoms with Gasteiger partial charge in [0, 0.05) is 6.04 Å². The Hall–Kier alpha value is -2.39. The van der Waals surface area contributed by atoms with Crippen LogP contribution < -0.4 is 21.3 Å². The highest BCUT2D eigenvalue weighted by atomic mass is 32.2. The first kappa shape index (κ1) is 18.0. The number of nitrogens with zero attached hydrogens (tertiary/aromatic N) is 2. The number of hydrogen-bond acceptors (Lipinski definition) is 7. The molecule has 2 rings (SSSR count). The average Bonchev–Trinajstić information content (AvgIpc) is 2.56. The first-order chi connectivity index (χ1) is 11.3. The van der Waals surface area contributed by atoms with Crippen molar-refractivity contribution in [2.45, 2.75) is 38.1 Å². The molecule has 2 aromatic rings. The molecule has 8 nitrogen and oxygen atoms in total. The first-order valence-corrected chi connectivity index (χ1v) is 9.03. The van der Waals surface area contributed by atoms with Gasteiger partial charge >= 0.3 is 0 Å². The van der Waals surface area contributed by atoms with E-state index in [1.54, 1.807) is 12.1 Å². The quantitative estimate of drug-likeness (QED) is 0.562. The van der Waals surface area contributed by atoms with Crippen LogP contribution in [0.5, 0.6) is 0 Å². The summed E-state index contributed by atoms with van der Waals surface area (Å²) < 4.78 is 24.5. The number of aromatic nitrogens is 2. The standard InChI is InChI=1S/C15H22N6O2S/c1-4-11(3)19-14-13(16)15(18-9-17-14)20-21-24(22,23)12-7-5-10(2)6-8-12/h5-9,11,21H,4,16H2,1-3H3,(H2,17,18,19,20). The summed E-state index contributed by atoms with van der Waals surface area (Å²) in [6.45, 7) is 5.91. The number of aryl methyl sites for hydroxylation is 1. The number of hydrazine groups is 1. The van der Waals surface area contributed by atoms with Crippen LogP contribution in [0.1, 0.15) is 25.8 Å². The third-order valence-corrected chi connectivity index (χ3v) is 4.78. The lowest BCUT2D eigenvalue weighted by Gasteiger charge is -2.16. The zero-order valence-corrected chi connectivity index (χ0v) is 14.7. The number of benzene rings is 1. The van der Waals surface area contributed by atoms with Gasteiger partial charge < -0.3 is 11.1 Å². The highest BCUT2D eigenvalue weighted by Crippen LogP contribution is 2.23. The molecule has 0 amide bonds. The molecule has 0 bridgehead atoms. The van der Waals surface area contributed by atoms with Crippen LogP contribution in [0.25, 0.3) is 0 Å². The molecule has 0 fully saturated rings. The van der Waals surface area contributed by atoms with Crippen LogP contribution in [0.2, 0.25) is 0 Å². The van der Waals surface area contributed by atoms with Gasteiger partial charge in [-0.05, 0) is 32.4 Å². The molecule has 1 aromatic carbocycles. The van der Waals surface area contributed by atoms with Crippen molar-refractivity contribution < 1.29 is 8.42 Å². The van der Waals surface area contributed by atoms with Crippen LogP contribution in [0.4, 0.5) is 17.3 Å². The van der Waals surface area contributed by atoms with Gasteiger partial charge in [-0.2, -0.15) is 0 Å². The van der Waals surface area contributed by atoms with E-state index in [0.29, 0.717) is 5.82 Å². The predicted octanol–water partition coefficient (Wildman–Crippen LogP) is 1.88. The fraction of sp³-hybridized carbons (Fsp3) is 0.333. The molecule has 0 aliphatic heterocycles. The van der Waals surface area contributed by atoms with Crippen molar-refractivity contribution in [2.75, 3.05) is 16.5 Å². The minimum absolute atomic E-state index is 0.145. The van der Waals surface area contributed by atoms with Gasteiger partial charge in [0.05, 0.1) is 4.90 Å². The summed E-state index contributed by atoms with van der Waals surface area (Å²) in [4.78, 5) is 10.5. The van der Waals surface area contributed by atoms with Gasteiger partial charge in [-0.1, -0.05) is 24.6 Å². The lowest BCUT2D eigenvalue weighted by molar-refractivity contribution is 0.587. The number of anilines is 3. The highest BCUT2D eigenvalue weighted by Gasteiger charge is 2.15. The minimum Gasteiger partial charge on any atom is -0.393 e. The molecule has 5 N–H and O–H groups in total. The Morgan fingerprint density at radius 2 is 1.79 bits per heavy atom. The second-order valence-electron chi connectivity index (χ2n) is 5.48. The number of nitrogen functional groups attached to an aromatic ring is 1. The molecule has 130 valence electrons. The number of hydrogen-bond donors (Lipinski definition) is 4. The molecule has 0 saturated heterocycles. The van der Waals surface area contributed by atoms with E-state index in [0.717, 1.165) is 12.0 Å². The monoisotopic (exact) mass is 350 g/mol. The van der Waals surface area contributed by atoms with Gasteiger partial charge in [0.25, 0.3) is 10.0 Å². The van der Waals surface area contributed by atoms with Crippen molar-refractivity contribution in [3.05, 3.63) is 36.2 Å². The minimum atomic E-state index is -3.73. The van der Waals surface area contributed by atoms with E-state index in [4.69, 9.17) is 5.73 Å². The summed E-state index contributed by atoms with van der Waals surface area (Å²) in [7, 11) is -3.73. The van der Waals surface area contributed by atoms with Crippen molar-refractivity contribution in [1.29, 1.82) is 0 Å². The predicted molar refractivity (Wildman–Crippen MR) is 94.9 cm³/mol. The second kappa shape index (κ2) is 7.45. The number of nitrogens with two attached hydrogens (primary N) is 1. The summed E-state index contributed by atoms with van der Waals surface area (Å²) in [5.41, 5.74) is 9.75. The lowest BCUT2D eigenvalue weighted by atomic mass is 10.2. The Morgan fingerprint density at radius 1 is 1.17 bits per heavy atom. The summed E-state index contributed by atoms with van der Waals surface area (Å²) in [5.74, 6) is 0.642. The fourth-order valence-corrected chi connectivity index (χ4v) is 2.68. The zero-order chi connectivity index (χ0) is 17.7. The molecule has 24 heavy (non-hydrogen) atoms. The van der Waals surface area contributed by atoms with Crippen LogP contribution in [0, 0.1) is 6.92 Å². The zero-order valence-electron chi connectivity index (χ0n) is 13.9. The number of nitrogens with one attached hydrogen (secondary N) is 3. The van der Waals surface area contributed by atoms with E-state index in [9.17, 15) is 8.42 Å². The maximum absolute atomic E-state index is 12.3. The molecular weight excluding hydrogens is 328 g/mol. The molecule has 0 radical (unpaired) electrons. The van der Waals surface area contributed by atoms with Gasteiger partial charge in [0.15, 0.2) is 11.6 Å². The van der Waals surface area contributed by atoms with E-state index in [2.05, 4.69) is 25.5 Å². The second-order valence-corrected chi connectivity index (χ2v) is 7.16. The Morgan fingerprint density at radius 3 is 2.42 bits per heavy atom. The van der Waals surface area contributed by atoms with Crippen LogP contribution >= 0.6 is 0 Å². The third-order valence-electron chi connectivity index (χ3n) is 3.51. The molecule has 0 spiro atoms. The summed E-state index contributed by atoms with van der Waals surface area (Å²) in [5, 5.41) is 3.14. The third kappa shape index (κ3) is 4.33. The van der Waals surface area contributed by atoms with Crippen LogP contribution in [0.15, 0.2) is 35.5 Å². The van der Waals surface area contributed by atoms with Crippen molar-refractivity contribution in [3.63, 3.8) is 0 Å². The van der Waals surface area contributed by atoms with E-state index in [1.807, 2.05) is 20.8 Å². The Kier molecular flexibility index (Phi) is 5.58. The lowest BCUT2D eigenvalue weighted by Crippen LogP contribution is -2.30. The van der Waals surface area contributed by atoms with Crippen molar-refractivity contribution >= 4 is 27.3 Å². The van der Waals surface area contributed by atoms with Gasteiger partial charge in [0.1, 0.15) is 12.0 Å². The van der Waals surface area contributed by atoms with Crippen molar-refractivity contribution in [2.24, 2.45) is 0 Å². The largest absolute Gasteiger partial charge is 0.393 e. The van der Waals surface area contributed by atoms with Gasteiger partial charge in [0.2, 0.25) is 0 Å². The van der Waals surface area contributed by atoms with E-state index >= 15 is 0 Å². The number of rotatable bonds is 7. The van der Waals surface area contributed by atoms with Gasteiger partial charge in [-0.3, -0.25) is 5.43 Å². The Balaban J connectivity index is 2.14. The van der Waals surface area contributed by atoms with E-state index in [-0.39, 0.29) is 22.4 Å². The van der Waals surface area contributed by atoms with Gasteiger partial charge in [-0.25, -0.2) is 18.4 Å². The van der Waals surface area contributed by atoms with Crippen LogP contribution in [-0.4, -0.2) is 24.4 Å². The van der Waals surface area contributed by atoms with Crippen molar-refractivity contribution in [1.82, 2.24) is 14.8 Å². The molecule has 1 aromatic heterocycles.